The number of hydrogen-bond donors (Lipinski definition) is 0. The number of carboxylic acid groups (broad SMARTS) is 1. The fourth-order valence-electron chi connectivity index (χ4n) is 7.05. The largest absolute Gasteiger partial charge is 0.545 e. The van der Waals surface area contributed by atoms with Crippen LogP contribution in [0.3, 0.4) is 0 Å². The Hall–Kier alpha value is -4.45. The van der Waals surface area contributed by atoms with Crippen molar-refractivity contribution in [2.45, 2.75) is 84.6 Å². The predicted octanol–water partition coefficient (Wildman–Crippen LogP) is 5.07. The average molecular weight is 721 g/mol. The lowest BCUT2D eigenvalue weighted by Gasteiger charge is -2.40. The molecule has 0 saturated carbocycles. The summed E-state index contributed by atoms with van der Waals surface area (Å²) in [5.41, 5.74) is -3.11. The van der Waals surface area contributed by atoms with E-state index >= 15 is 13.2 Å². The van der Waals surface area contributed by atoms with E-state index in [0.29, 0.717) is 11.1 Å². The van der Waals surface area contributed by atoms with E-state index in [1.54, 1.807) is 12.1 Å². The summed E-state index contributed by atoms with van der Waals surface area (Å²) in [5.74, 6) is -12.9. The lowest BCUT2D eigenvalue weighted by Crippen LogP contribution is -2.50. The van der Waals surface area contributed by atoms with Gasteiger partial charge in [-0.3, -0.25) is 9.59 Å². The molecule has 3 aliphatic heterocycles. The zero-order valence-electron chi connectivity index (χ0n) is 30.3. The number of fused-ring (bicyclic) bond motifs is 2. The number of benzene rings is 2. The Kier molecular flexibility index (Phi) is 9.01. The summed E-state index contributed by atoms with van der Waals surface area (Å²) in [6.07, 6.45) is 7.71. The summed E-state index contributed by atoms with van der Waals surface area (Å²) in [6.45, 7) is 16.7. The van der Waals surface area contributed by atoms with Crippen molar-refractivity contribution in [1.29, 1.82) is 0 Å². The highest BCUT2D eigenvalue weighted by Gasteiger charge is 2.46. The van der Waals surface area contributed by atoms with E-state index in [2.05, 4.69) is 22.6 Å². The fraction of sp³-hybridized carbons (Fsp3) is 0.436. The van der Waals surface area contributed by atoms with Crippen molar-refractivity contribution in [3.05, 3.63) is 86.9 Å². The Labute approximate surface area is 296 Å². The molecule has 0 unspecified atom stereocenters. The van der Waals surface area contributed by atoms with E-state index < -0.39 is 77.2 Å². The molecule has 0 bridgehead atoms. The van der Waals surface area contributed by atoms with Gasteiger partial charge in [-0.05, 0) is 93.3 Å². The minimum Gasteiger partial charge on any atom is -0.545 e. The molecule has 1 aliphatic carbocycles. The maximum Gasteiger partial charge on any atom is 0.325 e. The number of allylic oxidation sites excluding steroid dienone is 5. The van der Waals surface area contributed by atoms with Gasteiger partial charge in [0.2, 0.25) is 0 Å². The number of carbonyl (C=O) groups excluding carboxylic acids is 3. The molecular weight excluding hydrogens is 678 g/mol. The standard InChI is InChI=1S/C39H43F3N2O6Si/c1-38(2,3)49-36(47)31(37(48)50-39(4,5)6)29-32(40)28(30(35(45)46)34(42)33(29)41)27-23-13-11-21(43-15-9-16-43)19-25(23)51(7,8)26-20-22(12-14-24(26)27)44-17-10-18-44/h11-14,19-20,31H,9-10,15-18H2,1-8H3. The van der Waals surface area contributed by atoms with Gasteiger partial charge in [-0.1, -0.05) is 19.2 Å². The highest BCUT2D eigenvalue weighted by atomic mass is 28.3. The monoisotopic (exact) mass is 720 g/mol. The van der Waals surface area contributed by atoms with Crippen molar-refractivity contribution in [2.24, 2.45) is 0 Å². The van der Waals surface area contributed by atoms with Crippen molar-refractivity contribution in [3.63, 3.8) is 0 Å². The van der Waals surface area contributed by atoms with Gasteiger partial charge in [-0.25, -0.2) is 17.7 Å². The summed E-state index contributed by atoms with van der Waals surface area (Å²) in [4.78, 5) is 42.2. The van der Waals surface area contributed by atoms with E-state index in [4.69, 9.17) is 9.47 Å². The Bertz CT molecular complexity index is 1980. The molecule has 0 aromatic heterocycles. The molecular formula is C39H43F3N2O6Si. The minimum atomic E-state index is -2.63. The highest BCUT2D eigenvalue weighted by molar-refractivity contribution is 6.98. The molecule has 4 aliphatic rings. The molecule has 270 valence electrons. The number of anilines is 1. The highest BCUT2D eigenvalue weighted by Crippen LogP contribution is 2.46. The number of carboxylic acids is 1. The molecule has 0 N–H and O–H groups in total. The first-order chi connectivity index (χ1) is 23.7. The number of ether oxygens (including phenoxy) is 2. The lowest BCUT2D eigenvalue weighted by molar-refractivity contribution is -0.582. The van der Waals surface area contributed by atoms with Crippen molar-refractivity contribution >= 4 is 48.1 Å². The SMILES string of the molecule is CC(C)(C)OC(=O)C(C(=O)OC(C)(C)C)c1c(F)c(F)c(C(=O)[O-])c(C2=C3C=CC(=[N+]4CCC4)C=C3[Si](C)(C)c3cc(N4CCC4)ccc32)c1F. The van der Waals surface area contributed by atoms with Gasteiger partial charge >= 0.3 is 11.9 Å². The molecule has 0 atom stereocenters. The van der Waals surface area contributed by atoms with Crippen molar-refractivity contribution in [3.8, 4) is 0 Å². The molecule has 3 heterocycles. The Morgan fingerprint density at radius 1 is 0.882 bits per heavy atom. The molecule has 2 aromatic rings. The first-order valence-corrected chi connectivity index (χ1v) is 20.3. The Balaban J connectivity index is 1.71. The van der Waals surface area contributed by atoms with E-state index in [-0.39, 0.29) is 5.57 Å². The Morgan fingerprint density at radius 2 is 1.49 bits per heavy atom. The van der Waals surface area contributed by atoms with Gasteiger partial charge < -0.3 is 24.3 Å². The molecule has 2 aromatic carbocycles. The van der Waals surface area contributed by atoms with Crippen LogP contribution in [0.15, 0.2) is 47.2 Å². The van der Waals surface area contributed by atoms with E-state index in [0.717, 1.165) is 60.8 Å². The molecule has 2 fully saturated rings. The van der Waals surface area contributed by atoms with Crippen LogP contribution in [0, 0.1) is 17.5 Å². The van der Waals surface area contributed by atoms with Crippen LogP contribution in [0.1, 0.15) is 87.4 Å². The molecule has 0 radical (unpaired) electrons. The first kappa shape index (κ1) is 36.3. The third-order valence-corrected chi connectivity index (χ3v) is 13.2. The second kappa shape index (κ2) is 12.6. The second-order valence-corrected chi connectivity index (χ2v) is 20.4. The van der Waals surface area contributed by atoms with Gasteiger partial charge in [0.05, 0.1) is 18.0 Å². The van der Waals surface area contributed by atoms with Gasteiger partial charge in [-0.2, -0.15) is 0 Å². The van der Waals surface area contributed by atoms with Gasteiger partial charge in [0.25, 0.3) is 0 Å². The summed E-state index contributed by atoms with van der Waals surface area (Å²) in [5, 5.41) is 14.5. The zero-order chi connectivity index (χ0) is 37.4. The third-order valence-electron chi connectivity index (χ3n) is 9.72. The normalized spacial score (nSPS) is 18.1. The van der Waals surface area contributed by atoms with E-state index in [9.17, 15) is 19.5 Å². The fourth-order valence-corrected chi connectivity index (χ4v) is 10.1. The second-order valence-electron chi connectivity index (χ2n) is 16.0. The molecule has 6 rings (SSSR count). The molecule has 0 spiro atoms. The van der Waals surface area contributed by atoms with Crippen LogP contribution >= 0.6 is 0 Å². The predicted molar refractivity (Wildman–Crippen MR) is 188 cm³/mol. The van der Waals surface area contributed by atoms with Crippen LogP contribution in [0.5, 0.6) is 0 Å². The number of esters is 2. The van der Waals surface area contributed by atoms with Crippen LogP contribution in [0.4, 0.5) is 18.9 Å². The number of rotatable bonds is 6. The van der Waals surface area contributed by atoms with E-state index in [1.807, 2.05) is 24.3 Å². The number of carbonyl (C=O) groups is 3. The molecule has 51 heavy (non-hydrogen) atoms. The lowest BCUT2D eigenvalue weighted by atomic mass is 9.83. The van der Waals surface area contributed by atoms with Crippen LogP contribution < -0.4 is 15.2 Å². The van der Waals surface area contributed by atoms with Gasteiger partial charge in [0.15, 0.2) is 23.3 Å². The number of hydrogen-bond acceptors (Lipinski definition) is 7. The van der Waals surface area contributed by atoms with Crippen molar-refractivity contribution < 1.29 is 46.7 Å². The average Bonchev–Trinajstić information content (AvgIpc) is 2.94. The summed E-state index contributed by atoms with van der Waals surface area (Å²) < 4.78 is 63.1. The Morgan fingerprint density at radius 3 is 1.98 bits per heavy atom. The first-order valence-electron chi connectivity index (χ1n) is 17.3. The van der Waals surface area contributed by atoms with Crippen LogP contribution in [-0.2, 0) is 19.1 Å². The van der Waals surface area contributed by atoms with Crippen LogP contribution in [0.25, 0.3) is 5.57 Å². The van der Waals surface area contributed by atoms with Gasteiger partial charge in [0, 0.05) is 42.1 Å². The molecule has 8 nitrogen and oxygen atoms in total. The molecule has 12 heteroatoms. The topological polar surface area (TPSA) is 99.0 Å². The smallest absolute Gasteiger partial charge is 0.325 e. The maximum absolute atomic E-state index is 17.5. The third kappa shape index (κ3) is 6.47. The number of aromatic carboxylic acids is 1. The van der Waals surface area contributed by atoms with Gasteiger partial charge in [-0.15, -0.1) is 0 Å². The maximum atomic E-state index is 17.5. The summed E-state index contributed by atoms with van der Waals surface area (Å²) in [6, 6.07) is 5.64. The minimum absolute atomic E-state index is 0.00104. The molecule has 2 saturated heterocycles. The van der Waals surface area contributed by atoms with Crippen LogP contribution in [0.2, 0.25) is 13.1 Å². The van der Waals surface area contributed by atoms with E-state index in [1.165, 1.54) is 41.5 Å². The van der Waals surface area contributed by atoms with Crippen LogP contribution in [-0.4, -0.2) is 73.7 Å². The zero-order valence-corrected chi connectivity index (χ0v) is 31.3. The number of nitrogens with zero attached hydrogens (tertiary/aromatic N) is 2. The van der Waals surface area contributed by atoms with Gasteiger partial charge in [0.1, 0.15) is 38.2 Å². The summed E-state index contributed by atoms with van der Waals surface area (Å²) >= 11 is 0. The molecule has 0 amide bonds. The van der Waals surface area contributed by atoms with Crippen molar-refractivity contribution in [2.75, 3.05) is 31.1 Å². The number of halogens is 3. The summed E-state index contributed by atoms with van der Waals surface area (Å²) in [7, 11) is -2.63. The van der Waals surface area contributed by atoms with Crippen molar-refractivity contribution in [1.82, 2.24) is 0 Å². The quantitative estimate of drug-likeness (QED) is 0.135.